The van der Waals surface area contributed by atoms with E-state index in [2.05, 4.69) is 33.8 Å². The van der Waals surface area contributed by atoms with Crippen molar-refractivity contribution < 1.29 is 164 Å². The molecule has 3 saturated carbocycles. The van der Waals surface area contributed by atoms with Crippen LogP contribution >= 0.6 is 0 Å². The molecule has 10 rings (SSSR count). The third-order valence-electron chi connectivity index (χ3n) is 25.3. The van der Waals surface area contributed by atoms with E-state index < -0.39 is 264 Å². The molecule has 3 unspecified atom stereocenters. The molecule has 0 aromatic rings. The van der Waals surface area contributed by atoms with Crippen molar-refractivity contribution in [3.8, 4) is 0 Å². The smallest absolute Gasteiger partial charge is 0.187 e. The second-order valence-corrected chi connectivity index (χ2v) is 31.9. The average Bonchev–Trinajstić information content (AvgIpc) is 1.32. The first-order valence-electron chi connectivity index (χ1n) is 35.4. The third kappa shape index (κ3) is 14.9. The van der Waals surface area contributed by atoms with Gasteiger partial charge in [-0.1, -0.05) is 60.1 Å². The van der Waals surface area contributed by atoms with Gasteiger partial charge in [-0.2, -0.15) is 0 Å². The molecular formula is C67H114O33. The van der Waals surface area contributed by atoms with Crippen molar-refractivity contribution in [3.63, 3.8) is 0 Å². The molecule has 4 aliphatic carbocycles. The van der Waals surface area contributed by atoms with Crippen molar-refractivity contribution in [3.05, 3.63) is 11.6 Å². The highest BCUT2D eigenvalue weighted by Crippen LogP contribution is 2.75. The van der Waals surface area contributed by atoms with Gasteiger partial charge in [0.15, 0.2) is 37.7 Å². The summed E-state index contributed by atoms with van der Waals surface area (Å²) >= 11 is 0. The van der Waals surface area contributed by atoms with E-state index in [9.17, 15) is 107 Å². The summed E-state index contributed by atoms with van der Waals surface area (Å²) in [5, 5.41) is 229. The summed E-state index contributed by atoms with van der Waals surface area (Å²) in [6, 6.07) is 0. The maximum Gasteiger partial charge on any atom is 0.187 e. The summed E-state index contributed by atoms with van der Waals surface area (Å²) in [5.41, 5.74) is -2.62. The molecule has 10 aliphatic rings. The summed E-state index contributed by atoms with van der Waals surface area (Å²) in [6.07, 6.45) is -43.7. The maximum absolute atomic E-state index is 12.9. The van der Waals surface area contributed by atoms with E-state index in [1.165, 1.54) is 20.8 Å². The van der Waals surface area contributed by atoms with Crippen LogP contribution in [0, 0.1) is 51.2 Å². The van der Waals surface area contributed by atoms with Gasteiger partial charge in [-0.3, -0.25) is 0 Å². The summed E-state index contributed by atoms with van der Waals surface area (Å²) in [7, 11) is 0. The monoisotopic (exact) mass is 1450 g/mol. The first-order valence-corrected chi connectivity index (χ1v) is 35.4. The van der Waals surface area contributed by atoms with Crippen LogP contribution in [0.4, 0.5) is 0 Å². The summed E-state index contributed by atoms with van der Waals surface area (Å²) in [5.74, 6) is -1.08. The predicted octanol–water partition coefficient (Wildman–Crippen LogP) is -6.31. The SMILES string of the molecule is C[C@@H]1[C@@H](O)[C@H](OC[C@H]2O[C@@H](O[C@H](CC[C@@H](C)C3CC[C@@]4(C)C5CC=C6C(CC[C@H](O[C@@H]7O[C@H](CO[C@H]8O[C@H](CO)[C@@H](O)[C@H](O)[C@H]8O)[C@@H](O)[C@H](O)[C@H]7O)C6(C)C)[C@]5(C)[C@H](O)C[C@]34C)C(C)(C)O)[C@H](O[C@@H]3O[C@H](CO)[C@@H](O)[C@H](O)[C@H]3O)[C@@H](O)[C@@H]2O)O[C@H](CO[C@@H]2O[C@H](CO)[C@@H](O)[C@H](O)[C@H]2O)[C@H]1O. The standard InChI is InChI=1S/C67H114O33/c1-25(27-16-17-65(7)36-13-11-28-29(67(36,9)37(71)18-66(27,65)8)12-15-38(63(28,3)4)98-60-54(86)50(82)45(77)34(96-60)23-91-59-53(85)48(80)43(75)31(20-69)93-59)10-14-39(64(5,6)88)99-62-56(100-61-55(87)49(81)44(76)32(21-70)94-61)51(83)46(78)35(97-62)24-89-57-41(73)26(2)40(72)33(95-57)22-90-58-52(84)47(79)42(74)30(19-68)92-58/h11,25-27,29-62,68-88H,10,12-24H2,1-9H3/t25-,26+,27?,29?,30-,31-,32-,33-,34-,35-,36?,37-,38+,39-,40+,41-,42-,43-,44-,45-,46-,47+,48+,49+,50+,51+,52-,53-,54-,55-,56-,57-,58-,59+,60+,61+,62+,65+,66-,67+/m1/s1. The fraction of sp³-hybridized carbons (Fsp3) is 0.970. The Labute approximate surface area is 580 Å². The highest BCUT2D eigenvalue weighted by molar-refractivity contribution is 5.32. The topological polar surface area (TPSA) is 536 Å². The number of fused-ring (bicyclic) bond motifs is 5. The molecule has 6 aliphatic heterocycles. The van der Waals surface area contributed by atoms with E-state index in [4.69, 9.17) is 56.8 Å². The zero-order valence-electron chi connectivity index (χ0n) is 58.1. The van der Waals surface area contributed by atoms with Gasteiger partial charge in [0.05, 0.1) is 69.7 Å². The molecule has 9 fully saturated rings. The Hall–Kier alpha value is -1.58. The van der Waals surface area contributed by atoms with Crippen LogP contribution in [-0.2, 0) is 56.8 Å². The third-order valence-corrected chi connectivity index (χ3v) is 25.3. The van der Waals surface area contributed by atoms with E-state index in [0.29, 0.717) is 32.1 Å². The Morgan fingerprint density at radius 1 is 0.480 bits per heavy atom. The van der Waals surface area contributed by atoms with Crippen molar-refractivity contribution in [1.29, 1.82) is 0 Å². The molecule has 0 bridgehead atoms. The second-order valence-electron chi connectivity index (χ2n) is 31.9. The molecule has 6 saturated heterocycles. The van der Waals surface area contributed by atoms with Gasteiger partial charge < -0.3 is 164 Å². The summed E-state index contributed by atoms with van der Waals surface area (Å²) in [4.78, 5) is 0. The molecule has 0 aromatic heterocycles. The normalized spacial score (nSPS) is 52.1. The van der Waals surface area contributed by atoms with Gasteiger partial charge in [0, 0.05) is 16.7 Å². The van der Waals surface area contributed by atoms with E-state index in [1.807, 2.05) is 13.8 Å². The van der Waals surface area contributed by atoms with E-state index >= 15 is 0 Å². The van der Waals surface area contributed by atoms with E-state index in [0.717, 1.165) is 18.4 Å². The van der Waals surface area contributed by atoms with Crippen LogP contribution in [0.1, 0.15) is 114 Å². The van der Waals surface area contributed by atoms with Crippen LogP contribution in [0.2, 0.25) is 0 Å². The van der Waals surface area contributed by atoms with E-state index in [1.54, 1.807) is 0 Å². The second kappa shape index (κ2) is 31.6. The first-order chi connectivity index (χ1) is 46.8. The first kappa shape index (κ1) is 80.9. The van der Waals surface area contributed by atoms with Crippen molar-refractivity contribution in [2.75, 3.05) is 39.6 Å². The van der Waals surface area contributed by atoms with Crippen LogP contribution < -0.4 is 0 Å². The van der Waals surface area contributed by atoms with Crippen molar-refractivity contribution in [2.24, 2.45) is 51.2 Å². The molecule has 580 valence electrons. The van der Waals surface area contributed by atoms with Crippen molar-refractivity contribution >= 4 is 0 Å². The Balaban J connectivity index is 0.815. The molecule has 0 radical (unpaired) electrons. The quantitative estimate of drug-likeness (QED) is 0.0423. The maximum atomic E-state index is 12.9. The molecular weight excluding hydrogens is 1330 g/mol. The molecule has 33 nitrogen and oxygen atoms in total. The minimum atomic E-state index is -1.99. The van der Waals surface area contributed by atoms with Crippen molar-refractivity contribution in [1.82, 2.24) is 0 Å². The minimum absolute atomic E-state index is 0.0104. The number of aliphatic hydroxyl groups excluding tert-OH is 20. The Kier molecular flexibility index (Phi) is 25.5. The van der Waals surface area contributed by atoms with Crippen LogP contribution in [0.5, 0.6) is 0 Å². The zero-order chi connectivity index (χ0) is 73.5. The van der Waals surface area contributed by atoms with E-state index in [-0.39, 0.29) is 35.5 Å². The van der Waals surface area contributed by atoms with Gasteiger partial charge in [0.2, 0.25) is 0 Å². The number of allylic oxidation sites excluding steroid dienone is 1. The minimum Gasteiger partial charge on any atom is -0.394 e. The lowest BCUT2D eigenvalue weighted by molar-refractivity contribution is -0.380. The van der Waals surface area contributed by atoms with Gasteiger partial charge in [-0.25, -0.2) is 0 Å². The molecule has 33 heteroatoms. The van der Waals surface area contributed by atoms with Crippen LogP contribution in [-0.4, -0.2) is 349 Å². The zero-order valence-corrected chi connectivity index (χ0v) is 58.1. The lowest BCUT2D eigenvalue weighted by Crippen LogP contribution is -2.65. The fourth-order valence-corrected chi connectivity index (χ4v) is 18.6. The van der Waals surface area contributed by atoms with Gasteiger partial charge in [-0.15, -0.1) is 0 Å². The number of hydrogen-bond donors (Lipinski definition) is 21. The highest BCUT2D eigenvalue weighted by Gasteiger charge is 2.71. The number of ether oxygens (including phenoxy) is 12. The fourth-order valence-electron chi connectivity index (χ4n) is 18.6. The lowest BCUT2D eigenvalue weighted by atomic mass is 9.38. The average molecular weight is 1450 g/mol. The van der Waals surface area contributed by atoms with Crippen molar-refractivity contribution in [2.45, 2.75) is 316 Å². The molecule has 0 amide bonds. The highest BCUT2D eigenvalue weighted by atomic mass is 16.8. The molecule has 40 atom stereocenters. The van der Waals surface area contributed by atoms with Gasteiger partial charge in [0.1, 0.15) is 134 Å². The number of hydrogen-bond acceptors (Lipinski definition) is 33. The number of aliphatic hydroxyl groups is 21. The Bertz CT molecular complexity index is 2670. The van der Waals surface area contributed by atoms with Gasteiger partial charge in [0.25, 0.3) is 0 Å². The molecule has 6 heterocycles. The summed E-state index contributed by atoms with van der Waals surface area (Å²) < 4.78 is 71.6. The predicted molar refractivity (Wildman–Crippen MR) is 336 cm³/mol. The summed E-state index contributed by atoms with van der Waals surface area (Å²) in [6.45, 7) is 13.5. The largest absolute Gasteiger partial charge is 0.394 e. The van der Waals surface area contributed by atoms with Gasteiger partial charge >= 0.3 is 0 Å². The van der Waals surface area contributed by atoms with Crippen LogP contribution in [0.25, 0.3) is 0 Å². The lowest BCUT2D eigenvalue weighted by Gasteiger charge is -2.67. The Morgan fingerprint density at radius 2 is 0.900 bits per heavy atom. The molecule has 21 N–H and O–H groups in total. The van der Waals surface area contributed by atoms with Gasteiger partial charge in [-0.05, 0) is 99.7 Å². The Morgan fingerprint density at radius 3 is 1.40 bits per heavy atom. The van der Waals surface area contributed by atoms with Crippen LogP contribution in [0.15, 0.2) is 11.6 Å². The number of rotatable bonds is 23. The molecule has 0 spiro atoms. The van der Waals surface area contributed by atoms with Crippen LogP contribution in [0.3, 0.4) is 0 Å². The molecule has 100 heavy (non-hydrogen) atoms. The molecule has 0 aromatic carbocycles.